The van der Waals surface area contributed by atoms with Crippen molar-refractivity contribution in [3.05, 3.63) is 116 Å². The van der Waals surface area contributed by atoms with Crippen LogP contribution in [0.2, 0.25) is 0 Å². The molecule has 2 amide bonds. The fourth-order valence-corrected chi connectivity index (χ4v) is 3.21. The summed E-state index contributed by atoms with van der Waals surface area (Å²) in [6, 6.07) is 21.3. The number of hydrogen-bond acceptors (Lipinski definition) is 6. The molecule has 0 saturated carbocycles. The average molecular weight is 614 g/mol. The lowest BCUT2D eigenvalue weighted by Gasteiger charge is -1.99. The summed E-state index contributed by atoms with van der Waals surface area (Å²) >= 11 is 6.61. The van der Waals surface area contributed by atoms with E-state index in [1.165, 1.54) is 12.4 Å². The Hall–Kier alpha value is -3.76. The molecule has 2 aromatic heterocycles. The Bertz CT molecular complexity index is 1250. The number of nitrogens with zero attached hydrogens (tertiary/aromatic N) is 2. The first-order valence-corrected chi connectivity index (χ1v) is 12.2. The zero-order valence-electron chi connectivity index (χ0n) is 19.4. The van der Waals surface area contributed by atoms with E-state index in [1.54, 1.807) is 60.7 Å². The van der Waals surface area contributed by atoms with Crippen molar-refractivity contribution in [2.75, 3.05) is 0 Å². The predicted octanol–water partition coefficient (Wildman–Crippen LogP) is 6.23. The molecule has 0 fully saturated rings. The molecule has 0 spiro atoms. The van der Waals surface area contributed by atoms with Gasteiger partial charge in [-0.3, -0.25) is 9.59 Å². The minimum atomic E-state index is -0.262. The van der Waals surface area contributed by atoms with Crippen LogP contribution in [0, 0.1) is 13.8 Å². The number of hydrogen-bond donors (Lipinski definition) is 2. The molecule has 36 heavy (non-hydrogen) atoms. The summed E-state index contributed by atoms with van der Waals surface area (Å²) in [6.45, 7) is 3.69. The van der Waals surface area contributed by atoms with Crippen LogP contribution in [0.15, 0.2) is 101 Å². The van der Waals surface area contributed by atoms with Gasteiger partial charge in [-0.25, -0.2) is 10.9 Å². The molecule has 0 radical (unpaired) electrons. The second kappa shape index (κ2) is 13.4. The van der Waals surface area contributed by atoms with Gasteiger partial charge in [-0.2, -0.15) is 10.2 Å². The Kier molecular flexibility index (Phi) is 9.96. The Morgan fingerprint density at radius 3 is 1.31 bits per heavy atom. The molecular formula is C26H22Br2N4O4. The maximum atomic E-state index is 11.7. The lowest BCUT2D eigenvalue weighted by Crippen LogP contribution is -2.17. The Balaban J connectivity index is 0.000000201. The molecule has 4 rings (SSSR count). The summed E-state index contributed by atoms with van der Waals surface area (Å²) in [5.74, 6) is 2.28. The lowest BCUT2D eigenvalue weighted by molar-refractivity contribution is 0.0947. The zero-order valence-corrected chi connectivity index (χ0v) is 22.5. The number of benzene rings is 2. The van der Waals surface area contributed by atoms with Crippen LogP contribution in [0.4, 0.5) is 0 Å². The van der Waals surface area contributed by atoms with Gasteiger partial charge >= 0.3 is 0 Å². The van der Waals surface area contributed by atoms with Crippen molar-refractivity contribution in [1.82, 2.24) is 10.9 Å². The van der Waals surface area contributed by atoms with Gasteiger partial charge in [0.2, 0.25) is 0 Å². The fraction of sp³-hybridized carbons (Fsp3) is 0.0769. The molecular weight excluding hydrogens is 592 g/mol. The summed E-state index contributed by atoms with van der Waals surface area (Å²) in [7, 11) is 0. The monoisotopic (exact) mass is 612 g/mol. The zero-order chi connectivity index (χ0) is 25.9. The van der Waals surface area contributed by atoms with Gasteiger partial charge in [-0.05, 0) is 86.6 Å². The number of hydrazone groups is 2. The summed E-state index contributed by atoms with van der Waals surface area (Å²) in [4.78, 5) is 23.4. The van der Waals surface area contributed by atoms with E-state index in [9.17, 15) is 9.59 Å². The van der Waals surface area contributed by atoms with Crippen LogP contribution in [0.1, 0.15) is 43.8 Å². The fourth-order valence-electron chi connectivity index (χ4n) is 2.69. The van der Waals surface area contributed by atoms with Crippen molar-refractivity contribution in [2.24, 2.45) is 10.2 Å². The molecule has 2 heterocycles. The number of aryl methyl sites for hydroxylation is 2. The van der Waals surface area contributed by atoms with Crippen molar-refractivity contribution in [3.8, 4) is 0 Å². The topological polar surface area (TPSA) is 109 Å². The number of furan rings is 2. The number of amides is 2. The van der Waals surface area contributed by atoms with Crippen molar-refractivity contribution < 1.29 is 18.4 Å². The van der Waals surface area contributed by atoms with Crippen LogP contribution in [0.25, 0.3) is 0 Å². The van der Waals surface area contributed by atoms with Gasteiger partial charge in [0.1, 0.15) is 23.0 Å². The summed E-state index contributed by atoms with van der Waals surface area (Å²) < 4.78 is 12.4. The normalized spacial score (nSPS) is 10.8. The summed E-state index contributed by atoms with van der Waals surface area (Å²) in [5.41, 5.74) is 5.96. The number of halogens is 2. The highest BCUT2D eigenvalue weighted by atomic mass is 79.9. The SMILES string of the molecule is Cc1ccc(/C=N/NC(=O)c2ccc(Br)cc2)o1.Cc1ccc(/C=N/NC(=O)c2ccc(Br)cc2)o1. The van der Waals surface area contributed by atoms with Gasteiger partial charge in [0.25, 0.3) is 11.8 Å². The molecule has 0 aliphatic rings. The highest BCUT2D eigenvalue weighted by molar-refractivity contribution is 9.10. The van der Waals surface area contributed by atoms with Gasteiger partial charge in [-0.15, -0.1) is 0 Å². The van der Waals surface area contributed by atoms with Gasteiger partial charge in [0, 0.05) is 20.1 Å². The van der Waals surface area contributed by atoms with Gasteiger partial charge < -0.3 is 8.83 Å². The maximum Gasteiger partial charge on any atom is 0.271 e. The Morgan fingerprint density at radius 1 is 0.639 bits per heavy atom. The van der Waals surface area contributed by atoms with Crippen molar-refractivity contribution >= 4 is 56.1 Å². The molecule has 10 heteroatoms. The molecule has 2 aromatic carbocycles. The van der Waals surface area contributed by atoms with E-state index in [0.29, 0.717) is 22.6 Å². The first-order valence-electron chi connectivity index (χ1n) is 10.6. The van der Waals surface area contributed by atoms with Crippen LogP contribution in [-0.4, -0.2) is 24.2 Å². The van der Waals surface area contributed by atoms with Crippen LogP contribution in [0.3, 0.4) is 0 Å². The molecule has 0 unspecified atom stereocenters. The van der Waals surface area contributed by atoms with Gasteiger partial charge in [0.15, 0.2) is 0 Å². The predicted molar refractivity (Wildman–Crippen MR) is 145 cm³/mol. The second-order valence-electron chi connectivity index (χ2n) is 7.31. The largest absolute Gasteiger partial charge is 0.460 e. The number of carbonyl (C=O) groups is 2. The van der Waals surface area contributed by atoms with Gasteiger partial charge in [0.05, 0.1) is 12.4 Å². The molecule has 184 valence electrons. The first kappa shape index (κ1) is 26.8. The first-order chi connectivity index (χ1) is 17.3. The molecule has 0 atom stereocenters. The molecule has 0 aliphatic heterocycles. The Morgan fingerprint density at radius 2 is 1.00 bits per heavy atom. The van der Waals surface area contributed by atoms with E-state index in [2.05, 4.69) is 52.9 Å². The number of carbonyl (C=O) groups excluding carboxylic acids is 2. The quantitative estimate of drug-likeness (QED) is 0.198. The van der Waals surface area contributed by atoms with E-state index >= 15 is 0 Å². The minimum Gasteiger partial charge on any atom is -0.460 e. The smallest absolute Gasteiger partial charge is 0.271 e. The minimum absolute atomic E-state index is 0.262. The Labute approximate surface area is 224 Å². The van der Waals surface area contributed by atoms with Crippen molar-refractivity contribution in [1.29, 1.82) is 0 Å². The standard InChI is InChI=1S/2C13H11BrN2O2/c2*1-9-2-7-12(18-9)8-15-16-13(17)10-3-5-11(14)6-4-10/h2*2-8H,1H3,(H,16,17)/b2*15-8+. The van der Waals surface area contributed by atoms with E-state index in [1.807, 2.05) is 26.0 Å². The third-order valence-electron chi connectivity index (χ3n) is 4.45. The van der Waals surface area contributed by atoms with Crippen LogP contribution < -0.4 is 10.9 Å². The molecule has 0 saturated heterocycles. The highest BCUT2D eigenvalue weighted by Crippen LogP contribution is 2.11. The highest BCUT2D eigenvalue weighted by Gasteiger charge is 2.04. The van der Waals surface area contributed by atoms with Crippen molar-refractivity contribution in [2.45, 2.75) is 13.8 Å². The van der Waals surface area contributed by atoms with Crippen molar-refractivity contribution in [3.63, 3.8) is 0 Å². The third-order valence-corrected chi connectivity index (χ3v) is 5.51. The summed E-state index contributed by atoms with van der Waals surface area (Å²) in [5, 5.41) is 7.65. The van der Waals surface area contributed by atoms with E-state index < -0.39 is 0 Å². The number of nitrogens with one attached hydrogen (secondary N) is 2. The van der Waals surface area contributed by atoms with Gasteiger partial charge in [-0.1, -0.05) is 31.9 Å². The second-order valence-corrected chi connectivity index (χ2v) is 9.14. The maximum absolute atomic E-state index is 11.7. The molecule has 4 aromatic rings. The van der Waals surface area contributed by atoms with E-state index in [4.69, 9.17) is 8.83 Å². The summed E-state index contributed by atoms with van der Waals surface area (Å²) in [6.07, 6.45) is 2.92. The van der Waals surface area contributed by atoms with E-state index in [0.717, 1.165) is 20.5 Å². The molecule has 0 bridgehead atoms. The molecule has 2 N–H and O–H groups in total. The lowest BCUT2D eigenvalue weighted by atomic mass is 10.2. The third kappa shape index (κ3) is 8.79. The van der Waals surface area contributed by atoms with Crippen LogP contribution in [0.5, 0.6) is 0 Å². The average Bonchev–Trinajstić information content (AvgIpc) is 3.47. The van der Waals surface area contributed by atoms with Crippen LogP contribution in [-0.2, 0) is 0 Å². The van der Waals surface area contributed by atoms with Crippen LogP contribution >= 0.6 is 31.9 Å². The van der Waals surface area contributed by atoms with E-state index in [-0.39, 0.29) is 11.8 Å². The molecule has 8 nitrogen and oxygen atoms in total. The number of rotatable bonds is 6. The molecule has 0 aliphatic carbocycles.